The molecule has 3 N–H and O–H groups in total. The van der Waals surface area contributed by atoms with Crippen molar-refractivity contribution < 1.29 is 15.7 Å². The molecule has 5 rings (SSSR count). The number of fused-ring (bicyclic) bond motifs is 1. The number of aromatic nitrogens is 4. The number of pyridine rings is 2. The molecule has 3 heterocycles. The molecule has 0 saturated heterocycles. The van der Waals surface area contributed by atoms with E-state index in [-0.39, 0.29) is 7.12 Å². The molecule has 0 fully saturated rings. The van der Waals surface area contributed by atoms with Crippen LogP contribution in [0, 0.1) is 6.92 Å². The van der Waals surface area contributed by atoms with Crippen LogP contribution in [0.15, 0.2) is 73.1 Å². The van der Waals surface area contributed by atoms with Crippen molar-refractivity contribution in [1.82, 2.24) is 19.5 Å². The Morgan fingerprint density at radius 1 is 1.00 bits per heavy atom. The first kappa shape index (κ1) is 22.9. The summed E-state index contributed by atoms with van der Waals surface area (Å²) in [5, 5.41) is 3.42. The Morgan fingerprint density at radius 2 is 1.81 bits per heavy atom. The van der Waals surface area contributed by atoms with Crippen LogP contribution in [0.3, 0.4) is 0 Å². The zero-order valence-corrected chi connectivity index (χ0v) is 20.0. The number of nitrogens with one attached hydrogen (secondary N) is 1. The fourth-order valence-electron chi connectivity index (χ4n) is 3.93. The standard InChI is InChI=1S/C27H24N6O3.H2/c1-16-4-5-18(13-21(16)17-8-10-30-25(12-17)35-3)31-27-32-22-14-19(6-7-24(22)33(27)2)36-20-9-11-29-23(15-20)26(28)34;/h4-15H,1-3H3,(H2,28,34)(H,31,32);1H. The molecular formula is C27H26N6O3. The highest BCUT2D eigenvalue weighted by atomic mass is 16.5. The third-order valence-electron chi connectivity index (χ3n) is 5.82. The van der Waals surface area contributed by atoms with Crippen molar-refractivity contribution in [2.45, 2.75) is 6.92 Å². The average Bonchev–Trinajstić information content (AvgIpc) is 3.19. The second kappa shape index (κ2) is 9.38. The largest absolute Gasteiger partial charge is 0.481 e. The summed E-state index contributed by atoms with van der Waals surface area (Å²) in [6.07, 6.45) is 3.22. The average molecular weight is 483 g/mol. The number of primary amides is 1. The van der Waals surface area contributed by atoms with E-state index in [0.29, 0.717) is 23.3 Å². The van der Waals surface area contributed by atoms with Crippen molar-refractivity contribution in [2.75, 3.05) is 12.4 Å². The lowest BCUT2D eigenvalue weighted by atomic mass is 10.0. The zero-order chi connectivity index (χ0) is 25.2. The Bertz CT molecular complexity index is 1600. The normalized spacial score (nSPS) is 10.9. The van der Waals surface area contributed by atoms with Gasteiger partial charge in [-0.1, -0.05) is 6.07 Å². The summed E-state index contributed by atoms with van der Waals surface area (Å²) < 4.78 is 13.2. The SMILES string of the molecule is COc1cc(-c2cc(Nc3nc4cc(Oc5ccnc(C(N)=O)c5)ccc4n3C)ccc2C)ccn1.[HH]. The number of anilines is 2. The van der Waals surface area contributed by atoms with Gasteiger partial charge in [0.05, 0.1) is 18.1 Å². The molecule has 0 unspecified atom stereocenters. The van der Waals surface area contributed by atoms with E-state index in [2.05, 4.69) is 34.3 Å². The third-order valence-corrected chi connectivity index (χ3v) is 5.82. The van der Waals surface area contributed by atoms with Crippen LogP contribution in [0.1, 0.15) is 17.5 Å². The van der Waals surface area contributed by atoms with Gasteiger partial charge in [0, 0.05) is 44.8 Å². The van der Waals surface area contributed by atoms with Crippen molar-refractivity contribution in [3.05, 3.63) is 84.3 Å². The van der Waals surface area contributed by atoms with E-state index in [1.54, 1.807) is 19.4 Å². The molecule has 0 aliphatic carbocycles. The van der Waals surface area contributed by atoms with E-state index >= 15 is 0 Å². The number of hydrogen-bond acceptors (Lipinski definition) is 7. The van der Waals surface area contributed by atoms with E-state index in [0.717, 1.165) is 33.4 Å². The summed E-state index contributed by atoms with van der Waals surface area (Å²) in [6.45, 7) is 2.07. The molecule has 0 bridgehead atoms. The molecule has 182 valence electrons. The monoisotopic (exact) mass is 482 g/mol. The maximum atomic E-state index is 11.4. The van der Waals surface area contributed by atoms with Gasteiger partial charge >= 0.3 is 0 Å². The maximum absolute atomic E-state index is 11.4. The van der Waals surface area contributed by atoms with Gasteiger partial charge in [0.15, 0.2) is 0 Å². The Balaban J connectivity index is 0.00000320. The van der Waals surface area contributed by atoms with Gasteiger partial charge in [-0.25, -0.2) is 9.97 Å². The summed E-state index contributed by atoms with van der Waals surface area (Å²) in [7, 11) is 3.55. The smallest absolute Gasteiger partial charge is 0.267 e. The van der Waals surface area contributed by atoms with Gasteiger partial charge in [0.25, 0.3) is 5.91 Å². The predicted molar refractivity (Wildman–Crippen MR) is 140 cm³/mol. The van der Waals surface area contributed by atoms with Crippen molar-refractivity contribution >= 4 is 28.6 Å². The van der Waals surface area contributed by atoms with Gasteiger partial charge in [-0.05, 0) is 60.0 Å². The fourth-order valence-corrected chi connectivity index (χ4v) is 3.93. The molecule has 5 aromatic rings. The third kappa shape index (κ3) is 4.54. The molecule has 0 aliphatic heterocycles. The summed E-state index contributed by atoms with van der Waals surface area (Å²) >= 11 is 0. The number of carbonyl (C=O) groups is 1. The molecule has 1 amide bonds. The zero-order valence-electron chi connectivity index (χ0n) is 20.0. The first-order chi connectivity index (χ1) is 17.4. The molecule has 0 saturated carbocycles. The van der Waals surface area contributed by atoms with Crippen molar-refractivity contribution in [1.29, 1.82) is 0 Å². The molecule has 9 nitrogen and oxygen atoms in total. The number of nitrogens with zero attached hydrogens (tertiary/aromatic N) is 4. The van der Waals surface area contributed by atoms with E-state index in [9.17, 15) is 4.79 Å². The van der Waals surface area contributed by atoms with E-state index in [1.807, 2.05) is 48.0 Å². The Labute approximate surface area is 209 Å². The lowest BCUT2D eigenvalue weighted by Gasteiger charge is -2.12. The van der Waals surface area contributed by atoms with Gasteiger partial charge in [-0.15, -0.1) is 0 Å². The maximum Gasteiger partial charge on any atom is 0.267 e. The minimum Gasteiger partial charge on any atom is -0.481 e. The van der Waals surface area contributed by atoms with Crippen LogP contribution in [-0.2, 0) is 7.05 Å². The van der Waals surface area contributed by atoms with Crippen LogP contribution in [0.25, 0.3) is 22.2 Å². The molecular weight excluding hydrogens is 456 g/mol. The Morgan fingerprint density at radius 3 is 2.61 bits per heavy atom. The number of amides is 1. The molecule has 9 heteroatoms. The van der Waals surface area contributed by atoms with E-state index < -0.39 is 5.91 Å². The van der Waals surface area contributed by atoms with Crippen LogP contribution in [0.5, 0.6) is 17.4 Å². The number of imidazole rings is 1. The Hall–Kier alpha value is -4.92. The van der Waals surface area contributed by atoms with E-state index in [4.69, 9.17) is 20.2 Å². The highest BCUT2D eigenvalue weighted by Gasteiger charge is 2.12. The minimum absolute atomic E-state index is 0. The number of carbonyl (C=O) groups excluding carboxylic acids is 1. The number of nitrogens with two attached hydrogens (primary N) is 1. The first-order valence-corrected chi connectivity index (χ1v) is 11.2. The highest BCUT2D eigenvalue weighted by Crippen LogP contribution is 2.31. The quantitative estimate of drug-likeness (QED) is 0.326. The van der Waals surface area contributed by atoms with Gasteiger partial charge in [-0.2, -0.15) is 0 Å². The summed E-state index contributed by atoms with van der Waals surface area (Å²) in [4.78, 5) is 24.3. The molecule has 36 heavy (non-hydrogen) atoms. The number of benzene rings is 2. The van der Waals surface area contributed by atoms with Crippen LogP contribution >= 0.6 is 0 Å². The van der Waals surface area contributed by atoms with E-state index in [1.165, 1.54) is 12.3 Å². The lowest BCUT2D eigenvalue weighted by molar-refractivity contribution is 0.0995. The molecule has 0 atom stereocenters. The number of rotatable bonds is 7. The molecule has 0 aliphatic rings. The van der Waals surface area contributed by atoms with Crippen LogP contribution in [-0.4, -0.2) is 32.5 Å². The summed E-state index contributed by atoms with van der Waals surface area (Å²) in [6, 6.07) is 18.8. The number of aryl methyl sites for hydroxylation is 2. The second-order valence-corrected chi connectivity index (χ2v) is 8.23. The minimum atomic E-state index is -0.612. The number of ether oxygens (including phenoxy) is 2. The molecule has 2 aromatic carbocycles. The van der Waals surface area contributed by atoms with Crippen molar-refractivity contribution in [3.63, 3.8) is 0 Å². The lowest BCUT2D eigenvalue weighted by Crippen LogP contribution is -2.12. The molecule has 0 radical (unpaired) electrons. The Kier molecular flexibility index (Phi) is 5.95. The predicted octanol–water partition coefficient (Wildman–Crippen LogP) is 5.23. The summed E-state index contributed by atoms with van der Waals surface area (Å²) in [5.74, 6) is 1.68. The molecule has 0 spiro atoms. The van der Waals surface area contributed by atoms with Crippen LogP contribution in [0.4, 0.5) is 11.6 Å². The van der Waals surface area contributed by atoms with Crippen molar-refractivity contribution in [3.8, 4) is 28.5 Å². The van der Waals surface area contributed by atoms with Crippen LogP contribution < -0.4 is 20.5 Å². The first-order valence-electron chi connectivity index (χ1n) is 11.2. The second-order valence-electron chi connectivity index (χ2n) is 8.23. The van der Waals surface area contributed by atoms with Gasteiger partial charge in [0.1, 0.15) is 17.2 Å². The van der Waals surface area contributed by atoms with Crippen molar-refractivity contribution in [2.24, 2.45) is 12.8 Å². The highest BCUT2D eigenvalue weighted by molar-refractivity contribution is 5.91. The molecule has 3 aromatic heterocycles. The topological polar surface area (TPSA) is 117 Å². The summed E-state index contributed by atoms with van der Waals surface area (Å²) in [5.41, 5.74) is 11.3. The van der Waals surface area contributed by atoms with Gasteiger partial charge in [0.2, 0.25) is 11.8 Å². The van der Waals surface area contributed by atoms with Crippen LogP contribution in [0.2, 0.25) is 0 Å². The van der Waals surface area contributed by atoms with Gasteiger partial charge in [-0.3, -0.25) is 9.78 Å². The number of methoxy groups -OCH3 is 1. The fraction of sp³-hybridized carbons (Fsp3) is 0.111. The van der Waals surface area contributed by atoms with Gasteiger partial charge < -0.3 is 25.1 Å². The number of hydrogen-bond donors (Lipinski definition) is 2.